The van der Waals surface area contributed by atoms with Crippen molar-refractivity contribution < 1.29 is 36.6 Å². The van der Waals surface area contributed by atoms with E-state index < -0.39 is 39.2 Å². The van der Waals surface area contributed by atoms with Crippen molar-refractivity contribution in [1.29, 1.82) is 0 Å². The van der Waals surface area contributed by atoms with Crippen molar-refractivity contribution in [3.05, 3.63) is 82.8 Å². The first-order valence-corrected chi connectivity index (χ1v) is 14.8. The average Bonchev–Trinajstić information content (AvgIpc) is 2.91. The summed E-state index contributed by atoms with van der Waals surface area (Å²) in [5.41, 5.74) is 1.48. The van der Waals surface area contributed by atoms with Gasteiger partial charge in [0.05, 0.1) is 25.5 Å². The van der Waals surface area contributed by atoms with E-state index in [9.17, 15) is 22.4 Å². The molecule has 0 aliphatic carbocycles. The summed E-state index contributed by atoms with van der Waals surface area (Å²) in [5, 5.41) is 2.81. The van der Waals surface area contributed by atoms with E-state index >= 15 is 0 Å². The van der Waals surface area contributed by atoms with Crippen LogP contribution in [0.2, 0.25) is 0 Å². The first-order valence-electron chi connectivity index (χ1n) is 12.9. The number of sulfone groups is 1. The number of carbonyl (C=O) groups is 2. The maximum atomic E-state index is 13.7. The number of nitrogens with zero attached hydrogens (tertiary/aromatic N) is 1. The molecular formula is C30H35FN2O7S. The Hall–Kier alpha value is -3.83. The maximum absolute atomic E-state index is 13.7. The minimum absolute atomic E-state index is 0.0323. The Morgan fingerprint density at radius 3 is 2.29 bits per heavy atom. The minimum atomic E-state index is -3.40. The van der Waals surface area contributed by atoms with Crippen LogP contribution in [0.4, 0.5) is 9.18 Å². The molecule has 3 rings (SSSR count). The van der Waals surface area contributed by atoms with Gasteiger partial charge in [-0.05, 0) is 67.8 Å². The van der Waals surface area contributed by atoms with Gasteiger partial charge in [0.15, 0.2) is 15.6 Å². The molecule has 41 heavy (non-hydrogen) atoms. The molecule has 1 unspecified atom stereocenters. The zero-order chi connectivity index (χ0) is 30.4. The Morgan fingerprint density at radius 2 is 1.71 bits per heavy atom. The molecule has 2 aromatic carbocycles. The van der Waals surface area contributed by atoms with Gasteiger partial charge in [0.25, 0.3) is 0 Å². The second kappa shape index (κ2) is 13.2. The number of hydrogen-bond donors (Lipinski definition) is 1. The molecule has 3 aromatic rings. The van der Waals surface area contributed by atoms with Crippen molar-refractivity contribution in [3.63, 3.8) is 0 Å². The van der Waals surface area contributed by atoms with Crippen LogP contribution in [0.1, 0.15) is 60.8 Å². The maximum Gasteiger partial charge on any atom is 0.408 e. The number of alkyl carbamates (subject to hydrolysis) is 1. The van der Waals surface area contributed by atoms with Crippen LogP contribution in [0.5, 0.6) is 5.88 Å². The van der Waals surface area contributed by atoms with Gasteiger partial charge >= 0.3 is 6.09 Å². The summed E-state index contributed by atoms with van der Waals surface area (Å²) in [6.45, 7) is 6.81. The highest BCUT2D eigenvalue weighted by molar-refractivity contribution is 7.90. The molecule has 0 saturated heterocycles. The molecule has 0 saturated carbocycles. The highest BCUT2D eigenvalue weighted by Gasteiger charge is 2.26. The number of amides is 1. The van der Waals surface area contributed by atoms with Crippen LogP contribution in [-0.2, 0) is 25.1 Å². The van der Waals surface area contributed by atoms with Crippen molar-refractivity contribution in [1.82, 2.24) is 10.3 Å². The second-order valence-corrected chi connectivity index (χ2v) is 12.7. The number of pyridine rings is 1. The lowest BCUT2D eigenvalue weighted by Gasteiger charge is -2.25. The zero-order valence-corrected chi connectivity index (χ0v) is 24.8. The van der Waals surface area contributed by atoms with Gasteiger partial charge in [-0.15, -0.1) is 0 Å². The Labute approximate surface area is 240 Å². The summed E-state index contributed by atoms with van der Waals surface area (Å²) in [5.74, 6) is -0.942. The number of carbonyl (C=O) groups excluding carboxylic acids is 2. The number of ether oxygens (including phenoxy) is 3. The van der Waals surface area contributed by atoms with E-state index in [-0.39, 0.29) is 35.1 Å². The predicted octanol–water partition coefficient (Wildman–Crippen LogP) is 5.27. The standard InChI is InChI=1S/C30H35FN2O7S/c1-7-41(36,37)18-19-8-13-22(28(34)20-9-11-21(31)12-10-20)23(14-19)25-16-32-27(39-6)15-24(25)26(17-38-5)33-29(35)40-30(2,3)4/h8-16,26H,7,17-18H2,1-6H3,(H,33,35). The normalized spacial score (nSPS) is 12.5. The van der Waals surface area contributed by atoms with Crippen LogP contribution in [0.3, 0.4) is 0 Å². The smallest absolute Gasteiger partial charge is 0.408 e. The summed E-state index contributed by atoms with van der Waals surface area (Å²) in [7, 11) is -0.480. The van der Waals surface area contributed by atoms with Crippen molar-refractivity contribution in [2.45, 2.75) is 45.1 Å². The number of ketones is 1. The second-order valence-electron chi connectivity index (χ2n) is 10.4. The monoisotopic (exact) mass is 586 g/mol. The Bertz CT molecular complexity index is 1500. The molecular weight excluding hydrogens is 551 g/mol. The summed E-state index contributed by atoms with van der Waals surface area (Å²) >= 11 is 0. The first-order chi connectivity index (χ1) is 19.3. The molecule has 1 amide bonds. The summed E-state index contributed by atoms with van der Waals surface area (Å²) in [6, 6.07) is 10.7. The zero-order valence-electron chi connectivity index (χ0n) is 24.0. The largest absolute Gasteiger partial charge is 0.481 e. The quantitative estimate of drug-likeness (QED) is 0.302. The Morgan fingerprint density at radius 1 is 1.02 bits per heavy atom. The van der Waals surface area contributed by atoms with Crippen LogP contribution < -0.4 is 10.1 Å². The fraction of sp³-hybridized carbons (Fsp3) is 0.367. The van der Waals surface area contributed by atoms with Crippen molar-refractivity contribution in [2.24, 2.45) is 0 Å². The van der Waals surface area contributed by atoms with E-state index in [2.05, 4.69) is 10.3 Å². The topological polar surface area (TPSA) is 121 Å². The lowest BCUT2D eigenvalue weighted by Crippen LogP contribution is -2.36. The average molecular weight is 587 g/mol. The summed E-state index contributed by atoms with van der Waals surface area (Å²) in [6.07, 6.45) is 0.800. The van der Waals surface area contributed by atoms with E-state index in [0.29, 0.717) is 22.3 Å². The van der Waals surface area contributed by atoms with Gasteiger partial charge in [0.1, 0.15) is 11.4 Å². The molecule has 0 radical (unpaired) electrons. The molecule has 1 heterocycles. The third-order valence-electron chi connectivity index (χ3n) is 6.07. The third-order valence-corrected chi connectivity index (χ3v) is 7.72. The number of halogens is 1. The molecule has 9 nitrogen and oxygen atoms in total. The number of aromatic nitrogens is 1. The molecule has 220 valence electrons. The van der Waals surface area contributed by atoms with Crippen LogP contribution in [0.25, 0.3) is 11.1 Å². The van der Waals surface area contributed by atoms with Crippen LogP contribution in [0, 0.1) is 5.82 Å². The highest BCUT2D eigenvalue weighted by Crippen LogP contribution is 2.35. The van der Waals surface area contributed by atoms with E-state index in [1.807, 2.05) is 0 Å². The molecule has 0 aliphatic heterocycles. The molecule has 1 atom stereocenters. The van der Waals surface area contributed by atoms with Gasteiger partial charge in [0, 0.05) is 41.8 Å². The van der Waals surface area contributed by atoms with E-state index in [1.165, 1.54) is 44.7 Å². The van der Waals surface area contributed by atoms with Crippen molar-refractivity contribution >= 4 is 21.7 Å². The number of methoxy groups -OCH3 is 2. The predicted molar refractivity (Wildman–Crippen MR) is 153 cm³/mol. The molecule has 0 spiro atoms. The fourth-order valence-electron chi connectivity index (χ4n) is 4.12. The van der Waals surface area contributed by atoms with Gasteiger partial charge in [-0.25, -0.2) is 22.6 Å². The molecule has 0 fully saturated rings. The lowest BCUT2D eigenvalue weighted by atomic mass is 9.89. The van der Waals surface area contributed by atoms with Gasteiger partial charge in [0.2, 0.25) is 5.88 Å². The Balaban J connectivity index is 2.25. The van der Waals surface area contributed by atoms with Crippen molar-refractivity contribution in [2.75, 3.05) is 26.6 Å². The van der Waals surface area contributed by atoms with E-state index in [4.69, 9.17) is 14.2 Å². The Kier molecular flexibility index (Phi) is 10.2. The number of hydrogen-bond acceptors (Lipinski definition) is 8. The van der Waals surface area contributed by atoms with Crippen LogP contribution in [-0.4, -0.2) is 57.5 Å². The third kappa shape index (κ3) is 8.58. The number of benzene rings is 2. The molecule has 11 heteroatoms. The first kappa shape index (κ1) is 31.7. The molecule has 0 bridgehead atoms. The summed E-state index contributed by atoms with van der Waals surface area (Å²) in [4.78, 5) is 30.8. The van der Waals surface area contributed by atoms with Crippen LogP contribution >= 0.6 is 0 Å². The molecule has 0 aliphatic rings. The lowest BCUT2D eigenvalue weighted by molar-refractivity contribution is 0.0467. The fourth-order valence-corrected chi connectivity index (χ4v) is 5.01. The summed E-state index contributed by atoms with van der Waals surface area (Å²) < 4.78 is 54.7. The van der Waals surface area contributed by atoms with Gasteiger partial charge in [-0.2, -0.15) is 0 Å². The van der Waals surface area contributed by atoms with Crippen LogP contribution in [0.15, 0.2) is 54.7 Å². The van der Waals surface area contributed by atoms with Gasteiger partial charge in [-0.1, -0.05) is 19.1 Å². The number of rotatable bonds is 11. The highest BCUT2D eigenvalue weighted by atomic mass is 32.2. The molecule has 1 aromatic heterocycles. The van der Waals surface area contributed by atoms with E-state index in [0.717, 1.165) is 0 Å². The minimum Gasteiger partial charge on any atom is -0.481 e. The van der Waals surface area contributed by atoms with Gasteiger partial charge in [-0.3, -0.25) is 4.79 Å². The number of nitrogens with one attached hydrogen (secondary N) is 1. The SMILES string of the molecule is CCS(=O)(=O)Cc1ccc(C(=O)c2ccc(F)cc2)c(-c2cnc(OC)cc2C(COC)NC(=O)OC(C)(C)C)c1. The molecule has 1 N–H and O–H groups in total. The van der Waals surface area contributed by atoms with Gasteiger partial charge < -0.3 is 19.5 Å². The van der Waals surface area contributed by atoms with E-state index in [1.54, 1.807) is 52.0 Å². The van der Waals surface area contributed by atoms with Crippen molar-refractivity contribution in [3.8, 4) is 17.0 Å².